The Bertz CT molecular complexity index is 558. The van der Waals surface area contributed by atoms with E-state index in [1.165, 1.54) is 0 Å². The van der Waals surface area contributed by atoms with Gasteiger partial charge in [-0.05, 0) is 18.8 Å². The van der Waals surface area contributed by atoms with Gasteiger partial charge in [-0.25, -0.2) is 9.78 Å². The first-order chi connectivity index (χ1) is 8.77. The molecule has 1 saturated carbocycles. The maximum atomic E-state index is 11.4. The molecule has 0 aliphatic heterocycles. The molecule has 0 radical (unpaired) electrons. The number of carboxylic acid groups (broad SMARTS) is 1. The molecule has 92 valence electrons. The maximum absolute atomic E-state index is 11.4. The molecule has 4 nitrogen and oxygen atoms in total. The Labute approximate surface area is 105 Å². The van der Waals surface area contributed by atoms with Gasteiger partial charge in [0.25, 0.3) is 0 Å². The highest BCUT2D eigenvalue weighted by Crippen LogP contribution is 2.41. The third-order valence-electron chi connectivity index (χ3n) is 3.32. The van der Waals surface area contributed by atoms with Gasteiger partial charge in [-0.2, -0.15) is 0 Å². The summed E-state index contributed by atoms with van der Waals surface area (Å²) in [5.41, 5.74) is 0.953. The average Bonchev–Trinajstić information content (AvgIpc) is 3.07. The van der Waals surface area contributed by atoms with Gasteiger partial charge in [-0.3, -0.25) is 0 Å². The van der Waals surface area contributed by atoms with Gasteiger partial charge in [0.1, 0.15) is 11.9 Å². The Morgan fingerprint density at radius 1 is 1.33 bits per heavy atom. The summed E-state index contributed by atoms with van der Waals surface area (Å²) in [4.78, 5) is 15.7. The molecule has 0 spiro atoms. The SMILES string of the molecule is O=C(O)C(C1CC1)n1ccnc1-c1ccccc1. The first kappa shape index (κ1) is 11.0. The van der Waals surface area contributed by atoms with Gasteiger partial charge < -0.3 is 9.67 Å². The molecule has 1 aliphatic carbocycles. The second-order valence-electron chi connectivity index (χ2n) is 4.64. The summed E-state index contributed by atoms with van der Waals surface area (Å²) < 4.78 is 1.79. The van der Waals surface area contributed by atoms with Crippen LogP contribution in [0.5, 0.6) is 0 Å². The van der Waals surface area contributed by atoms with Crippen molar-refractivity contribution < 1.29 is 9.90 Å². The van der Waals surface area contributed by atoms with Crippen LogP contribution in [0.2, 0.25) is 0 Å². The molecule has 1 N–H and O–H groups in total. The number of nitrogens with zero attached hydrogens (tertiary/aromatic N) is 2. The summed E-state index contributed by atoms with van der Waals surface area (Å²) in [6.45, 7) is 0. The summed E-state index contributed by atoms with van der Waals surface area (Å²) >= 11 is 0. The van der Waals surface area contributed by atoms with Crippen LogP contribution in [-0.4, -0.2) is 20.6 Å². The number of imidazole rings is 1. The highest BCUT2D eigenvalue weighted by Gasteiger charge is 2.38. The van der Waals surface area contributed by atoms with Crippen LogP contribution in [0.25, 0.3) is 11.4 Å². The number of aliphatic carboxylic acids is 1. The van der Waals surface area contributed by atoms with Crippen LogP contribution >= 0.6 is 0 Å². The molecule has 0 bridgehead atoms. The number of carboxylic acids is 1. The molecule has 0 amide bonds. The van der Waals surface area contributed by atoms with Crippen molar-refractivity contribution in [1.82, 2.24) is 9.55 Å². The van der Waals surface area contributed by atoms with Gasteiger partial charge in [-0.15, -0.1) is 0 Å². The van der Waals surface area contributed by atoms with Crippen LogP contribution in [0.4, 0.5) is 0 Å². The number of hydrogen-bond acceptors (Lipinski definition) is 2. The summed E-state index contributed by atoms with van der Waals surface area (Å²) in [6, 6.07) is 9.21. The molecule has 1 fully saturated rings. The zero-order valence-corrected chi connectivity index (χ0v) is 9.86. The van der Waals surface area contributed by atoms with Crippen LogP contribution in [0.3, 0.4) is 0 Å². The number of hydrogen-bond donors (Lipinski definition) is 1. The molecule has 1 heterocycles. The van der Waals surface area contributed by atoms with Crippen molar-refractivity contribution >= 4 is 5.97 Å². The largest absolute Gasteiger partial charge is 0.480 e. The molecule has 1 aromatic carbocycles. The van der Waals surface area contributed by atoms with Crippen LogP contribution in [0, 0.1) is 5.92 Å². The van der Waals surface area contributed by atoms with E-state index in [9.17, 15) is 9.90 Å². The van der Waals surface area contributed by atoms with Crippen LogP contribution in [0.15, 0.2) is 42.7 Å². The van der Waals surface area contributed by atoms with Crippen molar-refractivity contribution in [2.45, 2.75) is 18.9 Å². The lowest BCUT2D eigenvalue weighted by Gasteiger charge is -2.16. The minimum atomic E-state index is -0.771. The van der Waals surface area contributed by atoms with E-state index < -0.39 is 12.0 Å². The van der Waals surface area contributed by atoms with Crippen LogP contribution in [-0.2, 0) is 4.79 Å². The number of benzene rings is 1. The van der Waals surface area contributed by atoms with Crippen molar-refractivity contribution in [3.63, 3.8) is 0 Å². The molecule has 1 aliphatic rings. The van der Waals surface area contributed by atoms with Crippen molar-refractivity contribution in [2.75, 3.05) is 0 Å². The number of carbonyl (C=O) groups is 1. The van der Waals surface area contributed by atoms with Gasteiger partial charge in [0.05, 0.1) is 0 Å². The van der Waals surface area contributed by atoms with Gasteiger partial charge in [0.2, 0.25) is 0 Å². The zero-order valence-electron chi connectivity index (χ0n) is 9.86. The summed E-state index contributed by atoms with van der Waals surface area (Å²) in [7, 11) is 0. The van der Waals surface area contributed by atoms with Gasteiger partial charge in [-0.1, -0.05) is 30.3 Å². The monoisotopic (exact) mass is 242 g/mol. The number of aromatic nitrogens is 2. The Hall–Kier alpha value is -2.10. The number of rotatable bonds is 4. The first-order valence-corrected chi connectivity index (χ1v) is 6.08. The van der Waals surface area contributed by atoms with Gasteiger partial charge in [0.15, 0.2) is 0 Å². The molecule has 1 aromatic heterocycles. The van der Waals surface area contributed by atoms with E-state index in [0.717, 1.165) is 24.2 Å². The Morgan fingerprint density at radius 3 is 2.67 bits per heavy atom. The molecule has 4 heteroatoms. The fourth-order valence-electron chi connectivity index (χ4n) is 2.31. The molecule has 1 unspecified atom stereocenters. The molecule has 2 aromatic rings. The first-order valence-electron chi connectivity index (χ1n) is 6.08. The van der Waals surface area contributed by atoms with Crippen LogP contribution < -0.4 is 0 Å². The Kier molecular flexibility index (Phi) is 2.63. The van der Waals surface area contributed by atoms with E-state index in [2.05, 4.69) is 4.98 Å². The molecule has 1 atom stereocenters. The highest BCUT2D eigenvalue weighted by atomic mass is 16.4. The van der Waals surface area contributed by atoms with E-state index in [-0.39, 0.29) is 5.92 Å². The highest BCUT2D eigenvalue weighted by molar-refractivity contribution is 5.74. The van der Waals surface area contributed by atoms with Crippen molar-refractivity contribution in [1.29, 1.82) is 0 Å². The summed E-state index contributed by atoms with van der Waals surface area (Å²) in [5.74, 6) is 0.210. The lowest BCUT2D eigenvalue weighted by molar-refractivity contribution is -0.141. The van der Waals surface area contributed by atoms with E-state index in [0.29, 0.717) is 0 Å². The van der Waals surface area contributed by atoms with Crippen LogP contribution in [0.1, 0.15) is 18.9 Å². The third-order valence-corrected chi connectivity index (χ3v) is 3.32. The summed E-state index contributed by atoms with van der Waals surface area (Å²) in [6.07, 6.45) is 5.41. The van der Waals surface area contributed by atoms with Gasteiger partial charge >= 0.3 is 5.97 Å². The minimum absolute atomic E-state index is 0.249. The third kappa shape index (κ3) is 1.90. The normalized spacial score (nSPS) is 16.4. The smallest absolute Gasteiger partial charge is 0.327 e. The topological polar surface area (TPSA) is 55.1 Å². The molecular weight excluding hydrogens is 228 g/mol. The van der Waals surface area contributed by atoms with Crippen molar-refractivity contribution in [3.05, 3.63) is 42.7 Å². The predicted molar refractivity (Wildman–Crippen MR) is 67.1 cm³/mol. The molecule has 3 rings (SSSR count). The van der Waals surface area contributed by atoms with E-state index in [4.69, 9.17) is 0 Å². The maximum Gasteiger partial charge on any atom is 0.327 e. The second-order valence-corrected chi connectivity index (χ2v) is 4.64. The zero-order chi connectivity index (χ0) is 12.5. The van der Waals surface area contributed by atoms with Crippen molar-refractivity contribution in [3.8, 4) is 11.4 Å². The Balaban J connectivity index is 2.03. The fraction of sp³-hybridized carbons (Fsp3) is 0.286. The predicted octanol–water partition coefficient (Wildman–Crippen LogP) is 2.59. The molecule has 0 saturated heterocycles. The second kappa shape index (κ2) is 4.29. The van der Waals surface area contributed by atoms with E-state index in [1.807, 2.05) is 30.3 Å². The van der Waals surface area contributed by atoms with Crippen molar-refractivity contribution in [2.24, 2.45) is 5.92 Å². The standard InChI is InChI=1S/C14H14N2O2/c17-14(18)12(10-6-7-10)16-9-8-15-13(16)11-4-2-1-3-5-11/h1-5,8-10,12H,6-7H2,(H,17,18). The Morgan fingerprint density at radius 2 is 2.06 bits per heavy atom. The average molecular weight is 242 g/mol. The quantitative estimate of drug-likeness (QED) is 0.896. The molecular formula is C14H14N2O2. The van der Waals surface area contributed by atoms with E-state index >= 15 is 0 Å². The van der Waals surface area contributed by atoms with E-state index in [1.54, 1.807) is 17.0 Å². The lowest BCUT2D eigenvalue weighted by atomic mass is 10.1. The lowest BCUT2D eigenvalue weighted by Crippen LogP contribution is -2.21. The fourth-order valence-corrected chi connectivity index (χ4v) is 2.31. The minimum Gasteiger partial charge on any atom is -0.480 e. The molecule has 18 heavy (non-hydrogen) atoms. The summed E-state index contributed by atoms with van der Waals surface area (Å²) in [5, 5.41) is 9.38. The van der Waals surface area contributed by atoms with Gasteiger partial charge in [0, 0.05) is 18.0 Å².